The van der Waals surface area contributed by atoms with Crippen molar-refractivity contribution in [3.05, 3.63) is 71.0 Å². The van der Waals surface area contributed by atoms with Gasteiger partial charge in [-0.2, -0.15) is 5.10 Å². The molecule has 0 aliphatic carbocycles. The SMILES string of the molecule is Cc1cc(/C=N\NC(=O)c2ccc(O)cc2)c(C)n1-c1ccc2c(c1)OCO2. The number of nitrogens with zero attached hydrogens (tertiary/aromatic N) is 2. The summed E-state index contributed by atoms with van der Waals surface area (Å²) in [6, 6.07) is 13.8. The van der Waals surface area contributed by atoms with Crippen LogP contribution in [0, 0.1) is 13.8 Å². The van der Waals surface area contributed by atoms with Gasteiger partial charge in [0.2, 0.25) is 6.79 Å². The Morgan fingerprint density at radius 1 is 1.11 bits per heavy atom. The maximum atomic E-state index is 12.1. The largest absolute Gasteiger partial charge is 0.508 e. The summed E-state index contributed by atoms with van der Waals surface area (Å²) in [5.74, 6) is 1.23. The zero-order chi connectivity index (χ0) is 19.7. The topological polar surface area (TPSA) is 85.1 Å². The first-order valence-electron chi connectivity index (χ1n) is 8.74. The average molecular weight is 377 g/mol. The number of aromatic hydroxyl groups is 1. The third-order valence-corrected chi connectivity index (χ3v) is 4.58. The molecule has 1 aliphatic rings. The van der Waals surface area contributed by atoms with Crippen molar-refractivity contribution in [3.8, 4) is 22.9 Å². The van der Waals surface area contributed by atoms with E-state index in [1.807, 2.05) is 38.1 Å². The molecule has 3 aromatic rings. The number of phenols is 1. The first-order chi connectivity index (χ1) is 13.5. The van der Waals surface area contributed by atoms with Crippen molar-refractivity contribution in [1.29, 1.82) is 0 Å². The van der Waals surface area contributed by atoms with Crippen molar-refractivity contribution >= 4 is 12.1 Å². The summed E-state index contributed by atoms with van der Waals surface area (Å²) in [5, 5.41) is 13.4. The number of hydrogen-bond donors (Lipinski definition) is 2. The van der Waals surface area contributed by atoms with E-state index in [4.69, 9.17) is 9.47 Å². The lowest BCUT2D eigenvalue weighted by Crippen LogP contribution is -2.17. The quantitative estimate of drug-likeness (QED) is 0.540. The van der Waals surface area contributed by atoms with E-state index in [-0.39, 0.29) is 18.4 Å². The lowest BCUT2D eigenvalue weighted by atomic mass is 10.2. The molecule has 0 bridgehead atoms. The van der Waals surface area contributed by atoms with E-state index in [0.717, 1.165) is 34.1 Å². The number of fused-ring (bicyclic) bond motifs is 1. The van der Waals surface area contributed by atoms with Gasteiger partial charge in [0.25, 0.3) is 5.91 Å². The monoisotopic (exact) mass is 377 g/mol. The number of aromatic nitrogens is 1. The Bertz CT molecular complexity index is 1070. The van der Waals surface area contributed by atoms with E-state index in [1.54, 1.807) is 6.21 Å². The van der Waals surface area contributed by atoms with Crippen molar-refractivity contribution in [1.82, 2.24) is 9.99 Å². The second-order valence-electron chi connectivity index (χ2n) is 6.45. The summed E-state index contributed by atoms with van der Waals surface area (Å²) in [6.45, 7) is 4.23. The Kier molecular flexibility index (Phi) is 4.49. The summed E-state index contributed by atoms with van der Waals surface area (Å²) in [6.07, 6.45) is 1.62. The third kappa shape index (κ3) is 3.29. The molecule has 1 amide bonds. The van der Waals surface area contributed by atoms with Gasteiger partial charge in [-0.05, 0) is 56.3 Å². The minimum absolute atomic E-state index is 0.107. The summed E-state index contributed by atoms with van der Waals surface area (Å²) in [5.41, 5.74) is 6.79. The van der Waals surface area contributed by atoms with E-state index < -0.39 is 0 Å². The van der Waals surface area contributed by atoms with Gasteiger partial charge in [-0.25, -0.2) is 5.43 Å². The molecule has 7 heteroatoms. The number of carbonyl (C=O) groups is 1. The number of aryl methyl sites for hydroxylation is 1. The van der Waals surface area contributed by atoms with Crippen LogP contribution in [0.25, 0.3) is 5.69 Å². The molecule has 1 aromatic heterocycles. The first-order valence-corrected chi connectivity index (χ1v) is 8.74. The average Bonchev–Trinajstić information content (AvgIpc) is 3.26. The number of rotatable bonds is 4. The smallest absolute Gasteiger partial charge is 0.271 e. The number of nitrogens with one attached hydrogen (secondary N) is 1. The van der Waals surface area contributed by atoms with Gasteiger partial charge in [-0.15, -0.1) is 0 Å². The Labute approximate surface area is 161 Å². The molecular formula is C21H19N3O4. The highest BCUT2D eigenvalue weighted by molar-refractivity contribution is 5.95. The molecule has 0 spiro atoms. The van der Waals surface area contributed by atoms with Crippen molar-refractivity contribution in [3.63, 3.8) is 0 Å². The fourth-order valence-corrected chi connectivity index (χ4v) is 3.18. The highest BCUT2D eigenvalue weighted by Crippen LogP contribution is 2.34. The van der Waals surface area contributed by atoms with Crippen LogP contribution < -0.4 is 14.9 Å². The van der Waals surface area contributed by atoms with E-state index in [2.05, 4.69) is 15.1 Å². The van der Waals surface area contributed by atoms with Crippen LogP contribution in [0.3, 0.4) is 0 Å². The van der Waals surface area contributed by atoms with Gasteiger partial charge in [0.1, 0.15) is 5.75 Å². The van der Waals surface area contributed by atoms with E-state index in [0.29, 0.717) is 5.56 Å². The van der Waals surface area contributed by atoms with Gasteiger partial charge in [0, 0.05) is 34.3 Å². The number of phenolic OH excluding ortho intramolecular Hbond substituents is 1. The van der Waals surface area contributed by atoms with Gasteiger partial charge in [-0.1, -0.05) is 0 Å². The number of carbonyl (C=O) groups excluding carboxylic acids is 1. The summed E-state index contributed by atoms with van der Waals surface area (Å²) in [4.78, 5) is 12.1. The van der Waals surface area contributed by atoms with Crippen LogP contribution in [0.2, 0.25) is 0 Å². The highest BCUT2D eigenvalue weighted by Gasteiger charge is 2.16. The van der Waals surface area contributed by atoms with E-state index >= 15 is 0 Å². The standard InChI is InChI=1S/C21H19N3O4/c1-13-9-16(11-22-23-21(26)15-3-6-18(25)7-4-15)14(2)24(13)17-5-8-19-20(10-17)28-12-27-19/h3-11,25H,12H2,1-2H3,(H,23,26)/b22-11-. The number of benzene rings is 2. The summed E-state index contributed by atoms with van der Waals surface area (Å²) >= 11 is 0. The Morgan fingerprint density at radius 2 is 1.86 bits per heavy atom. The normalized spacial score (nSPS) is 12.5. The number of ether oxygens (including phenoxy) is 2. The molecule has 1 aliphatic heterocycles. The molecule has 2 heterocycles. The van der Waals surface area contributed by atoms with Gasteiger partial charge in [0.15, 0.2) is 11.5 Å². The molecule has 4 rings (SSSR count). The first kappa shape index (κ1) is 17.7. The predicted octanol–water partition coefficient (Wildman–Crippen LogP) is 3.29. The molecule has 0 radical (unpaired) electrons. The van der Waals surface area contributed by atoms with Crippen LogP contribution in [-0.4, -0.2) is 28.6 Å². The molecule has 2 aromatic carbocycles. The number of hydrazone groups is 1. The van der Waals surface area contributed by atoms with Crippen LogP contribution in [-0.2, 0) is 0 Å². The third-order valence-electron chi connectivity index (χ3n) is 4.58. The molecule has 142 valence electrons. The van der Waals surface area contributed by atoms with Crippen molar-refractivity contribution in [2.24, 2.45) is 5.10 Å². The van der Waals surface area contributed by atoms with Crippen molar-refractivity contribution < 1.29 is 19.4 Å². The van der Waals surface area contributed by atoms with Gasteiger partial charge in [0.05, 0.1) is 6.21 Å². The Hall–Kier alpha value is -3.74. The van der Waals surface area contributed by atoms with Crippen LogP contribution in [0.1, 0.15) is 27.3 Å². The second kappa shape index (κ2) is 7.11. The summed E-state index contributed by atoms with van der Waals surface area (Å²) < 4.78 is 12.9. The fourth-order valence-electron chi connectivity index (χ4n) is 3.18. The minimum Gasteiger partial charge on any atom is -0.508 e. The molecule has 7 nitrogen and oxygen atoms in total. The molecule has 2 N–H and O–H groups in total. The fraction of sp³-hybridized carbons (Fsp3) is 0.143. The number of amides is 1. The lowest BCUT2D eigenvalue weighted by molar-refractivity contribution is 0.0955. The predicted molar refractivity (Wildman–Crippen MR) is 105 cm³/mol. The van der Waals surface area contributed by atoms with E-state index in [9.17, 15) is 9.90 Å². The van der Waals surface area contributed by atoms with Crippen molar-refractivity contribution in [2.45, 2.75) is 13.8 Å². The van der Waals surface area contributed by atoms with Gasteiger partial charge < -0.3 is 19.1 Å². The Balaban J connectivity index is 1.53. The Morgan fingerprint density at radius 3 is 2.64 bits per heavy atom. The van der Waals surface area contributed by atoms with Gasteiger partial charge >= 0.3 is 0 Å². The molecule has 0 fully saturated rings. The molecule has 0 unspecified atom stereocenters. The van der Waals surface area contributed by atoms with Crippen LogP contribution in [0.4, 0.5) is 0 Å². The molecule has 0 saturated heterocycles. The van der Waals surface area contributed by atoms with Gasteiger partial charge in [-0.3, -0.25) is 4.79 Å². The molecular weight excluding hydrogens is 358 g/mol. The highest BCUT2D eigenvalue weighted by atomic mass is 16.7. The lowest BCUT2D eigenvalue weighted by Gasteiger charge is -2.10. The van der Waals surface area contributed by atoms with Crippen LogP contribution in [0.15, 0.2) is 53.6 Å². The maximum Gasteiger partial charge on any atom is 0.271 e. The van der Waals surface area contributed by atoms with E-state index in [1.165, 1.54) is 24.3 Å². The molecule has 0 atom stereocenters. The molecule has 0 saturated carbocycles. The minimum atomic E-state index is -0.346. The van der Waals surface area contributed by atoms with Crippen LogP contribution >= 0.6 is 0 Å². The second-order valence-corrected chi connectivity index (χ2v) is 6.45. The zero-order valence-corrected chi connectivity index (χ0v) is 15.5. The number of hydrogen-bond acceptors (Lipinski definition) is 5. The zero-order valence-electron chi connectivity index (χ0n) is 15.5. The molecule has 28 heavy (non-hydrogen) atoms. The van der Waals surface area contributed by atoms with Crippen molar-refractivity contribution in [2.75, 3.05) is 6.79 Å². The summed E-state index contributed by atoms with van der Waals surface area (Å²) in [7, 11) is 0. The van der Waals surface area contributed by atoms with Crippen LogP contribution in [0.5, 0.6) is 17.2 Å². The maximum absolute atomic E-state index is 12.1.